The van der Waals surface area contributed by atoms with Crippen LogP contribution in [0.4, 0.5) is 0 Å². The molecule has 1 aromatic rings. The summed E-state index contributed by atoms with van der Waals surface area (Å²) in [7, 11) is 0. The molecule has 96 valence electrons. The van der Waals surface area contributed by atoms with Gasteiger partial charge < -0.3 is 15.1 Å². The second kappa shape index (κ2) is 4.69. The number of nitrogens with zero attached hydrogens (tertiary/aromatic N) is 3. The monoisotopic (exact) mass is 251 g/mol. The number of amides is 1. The first kappa shape index (κ1) is 12.4. The fourth-order valence-corrected chi connectivity index (χ4v) is 1.92. The van der Waals surface area contributed by atoms with Crippen molar-refractivity contribution in [3.05, 3.63) is 23.8 Å². The van der Waals surface area contributed by atoms with Crippen LogP contribution in [0, 0.1) is 6.92 Å². The lowest BCUT2D eigenvalue weighted by atomic mass is 10.2. The van der Waals surface area contributed by atoms with Crippen LogP contribution in [0.3, 0.4) is 0 Å². The summed E-state index contributed by atoms with van der Waals surface area (Å²) < 4.78 is 0. The molecule has 18 heavy (non-hydrogen) atoms. The van der Waals surface area contributed by atoms with Crippen LogP contribution in [0.15, 0.2) is 12.4 Å². The van der Waals surface area contributed by atoms with Gasteiger partial charge in [0.1, 0.15) is 11.7 Å². The highest BCUT2D eigenvalue weighted by Crippen LogP contribution is 2.20. The lowest BCUT2D eigenvalue weighted by molar-refractivity contribution is -0.141. The van der Waals surface area contributed by atoms with Gasteiger partial charge in [0.05, 0.1) is 18.0 Å². The number of carboxylic acid groups (broad SMARTS) is 1. The normalized spacial score (nSPS) is 23.1. The number of hydrogen-bond donors (Lipinski definition) is 2. The predicted octanol–water partition coefficient (Wildman–Crippen LogP) is -0.555. The first-order valence-electron chi connectivity index (χ1n) is 5.49. The number of carbonyl (C=O) groups excluding carboxylic acids is 1. The number of aliphatic hydroxyl groups excluding tert-OH is 1. The highest BCUT2D eigenvalue weighted by atomic mass is 16.4. The van der Waals surface area contributed by atoms with Crippen LogP contribution in [0.1, 0.15) is 22.6 Å². The third-order valence-electron chi connectivity index (χ3n) is 2.82. The van der Waals surface area contributed by atoms with Crippen LogP contribution in [0.2, 0.25) is 0 Å². The molecular weight excluding hydrogens is 238 g/mol. The van der Waals surface area contributed by atoms with Gasteiger partial charge in [-0.3, -0.25) is 9.78 Å². The Morgan fingerprint density at radius 3 is 2.67 bits per heavy atom. The zero-order valence-corrected chi connectivity index (χ0v) is 9.78. The number of aliphatic hydroxyl groups is 1. The van der Waals surface area contributed by atoms with Gasteiger partial charge in [-0.2, -0.15) is 0 Å². The Bertz CT molecular complexity index is 474. The maximum absolute atomic E-state index is 12.1. The maximum Gasteiger partial charge on any atom is 0.326 e. The Kier molecular flexibility index (Phi) is 3.24. The molecule has 2 N–H and O–H groups in total. The summed E-state index contributed by atoms with van der Waals surface area (Å²) in [4.78, 5) is 32.0. The fourth-order valence-electron chi connectivity index (χ4n) is 1.92. The molecule has 1 amide bonds. The van der Waals surface area contributed by atoms with Gasteiger partial charge in [-0.15, -0.1) is 0 Å². The van der Waals surface area contributed by atoms with E-state index in [0.717, 1.165) is 4.90 Å². The molecule has 0 bridgehead atoms. The van der Waals surface area contributed by atoms with Gasteiger partial charge >= 0.3 is 5.97 Å². The molecule has 1 aromatic heterocycles. The molecule has 2 atom stereocenters. The van der Waals surface area contributed by atoms with E-state index in [9.17, 15) is 14.7 Å². The largest absolute Gasteiger partial charge is 0.480 e. The van der Waals surface area contributed by atoms with E-state index in [1.165, 1.54) is 12.4 Å². The van der Waals surface area contributed by atoms with E-state index in [1.807, 2.05) is 0 Å². The number of carbonyl (C=O) groups is 2. The van der Waals surface area contributed by atoms with E-state index in [-0.39, 0.29) is 18.7 Å². The maximum atomic E-state index is 12.1. The Balaban J connectivity index is 2.22. The van der Waals surface area contributed by atoms with E-state index in [1.54, 1.807) is 6.92 Å². The molecule has 0 saturated carbocycles. The van der Waals surface area contributed by atoms with E-state index >= 15 is 0 Å². The van der Waals surface area contributed by atoms with Gasteiger partial charge in [0.2, 0.25) is 0 Å². The Morgan fingerprint density at radius 2 is 2.11 bits per heavy atom. The van der Waals surface area contributed by atoms with Crippen molar-refractivity contribution < 1.29 is 19.8 Å². The highest BCUT2D eigenvalue weighted by Gasteiger charge is 2.39. The van der Waals surface area contributed by atoms with E-state index in [4.69, 9.17) is 5.11 Å². The number of hydrogen-bond acceptors (Lipinski definition) is 5. The zero-order valence-electron chi connectivity index (χ0n) is 9.78. The van der Waals surface area contributed by atoms with Crippen molar-refractivity contribution in [3.8, 4) is 0 Å². The Labute approximate surface area is 103 Å². The highest BCUT2D eigenvalue weighted by molar-refractivity contribution is 5.95. The summed E-state index contributed by atoms with van der Waals surface area (Å²) in [6, 6.07) is -1.00. The minimum absolute atomic E-state index is 0.00531. The molecule has 7 heteroatoms. The quantitative estimate of drug-likeness (QED) is 0.730. The number of β-amino-alcohol motifs (C(OH)–C–C–N with tert-alkyl or cyclic N) is 1. The number of likely N-dealkylation sites (tertiary alicyclic amines) is 1. The molecule has 1 aliphatic rings. The van der Waals surface area contributed by atoms with Crippen LogP contribution in [-0.4, -0.2) is 55.6 Å². The number of aromatic nitrogens is 2. The van der Waals surface area contributed by atoms with Gasteiger partial charge in [0.25, 0.3) is 5.91 Å². The minimum atomic E-state index is -1.13. The van der Waals surface area contributed by atoms with E-state index in [2.05, 4.69) is 9.97 Å². The molecule has 2 heterocycles. The summed E-state index contributed by atoms with van der Waals surface area (Å²) in [5, 5.41) is 18.5. The minimum Gasteiger partial charge on any atom is -0.480 e. The summed E-state index contributed by atoms with van der Waals surface area (Å²) in [5.41, 5.74) is 0.753. The number of rotatable bonds is 2. The first-order valence-corrected chi connectivity index (χ1v) is 5.49. The third-order valence-corrected chi connectivity index (χ3v) is 2.82. The second-order valence-corrected chi connectivity index (χ2v) is 4.24. The average Bonchev–Trinajstić information content (AvgIpc) is 2.71. The van der Waals surface area contributed by atoms with Gasteiger partial charge in [-0.1, -0.05) is 0 Å². The average molecular weight is 251 g/mol. The molecule has 1 fully saturated rings. The molecule has 1 saturated heterocycles. The molecule has 2 rings (SSSR count). The van der Waals surface area contributed by atoms with Crippen molar-refractivity contribution in [1.82, 2.24) is 14.9 Å². The summed E-state index contributed by atoms with van der Waals surface area (Å²) in [5.74, 6) is -1.65. The number of carboxylic acids is 1. The van der Waals surface area contributed by atoms with Gasteiger partial charge in [0, 0.05) is 19.2 Å². The molecular formula is C11H13N3O4. The van der Waals surface area contributed by atoms with E-state index < -0.39 is 24.0 Å². The van der Waals surface area contributed by atoms with Crippen LogP contribution >= 0.6 is 0 Å². The van der Waals surface area contributed by atoms with Crippen molar-refractivity contribution in [2.75, 3.05) is 6.54 Å². The Morgan fingerprint density at radius 1 is 1.39 bits per heavy atom. The van der Waals surface area contributed by atoms with Gasteiger partial charge in [-0.05, 0) is 6.92 Å². The molecule has 0 spiro atoms. The van der Waals surface area contributed by atoms with Gasteiger partial charge in [-0.25, -0.2) is 9.78 Å². The topological polar surface area (TPSA) is 104 Å². The number of aliphatic carboxylic acids is 1. The molecule has 0 radical (unpaired) electrons. The lowest BCUT2D eigenvalue weighted by Gasteiger charge is -2.20. The number of aryl methyl sites for hydroxylation is 1. The molecule has 1 aliphatic heterocycles. The summed E-state index contributed by atoms with van der Waals surface area (Å²) >= 11 is 0. The van der Waals surface area contributed by atoms with Crippen LogP contribution in [0.25, 0.3) is 0 Å². The summed E-state index contributed by atoms with van der Waals surface area (Å²) in [6.45, 7) is 1.74. The third kappa shape index (κ3) is 2.30. The zero-order chi connectivity index (χ0) is 13.3. The van der Waals surface area contributed by atoms with Crippen molar-refractivity contribution in [2.45, 2.75) is 25.5 Å². The fraction of sp³-hybridized carbons (Fsp3) is 0.455. The standard InChI is InChI=1S/C11H13N3O4/c1-6-3-13-8(4-12-6)10(16)14-5-7(15)2-9(14)11(17)18/h3-4,7,9,15H,2,5H2,1H3,(H,17,18)/t7?,9-/m0/s1. The second-order valence-electron chi connectivity index (χ2n) is 4.24. The predicted molar refractivity (Wildman–Crippen MR) is 59.9 cm³/mol. The first-order chi connectivity index (χ1) is 8.49. The van der Waals surface area contributed by atoms with E-state index in [0.29, 0.717) is 5.69 Å². The summed E-state index contributed by atoms with van der Waals surface area (Å²) in [6.07, 6.45) is 1.98. The lowest BCUT2D eigenvalue weighted by Crippen LogP contribution is -2.41. The van der Waals surface area contributed by atoms with Crippen LogP contribution in [0.5, 0.6) is 0 Å². The van der Waals surface area contributed by atoms with Crippen molar-refractivity contribution in [2.24, 2.45) is 0 Å². The molecule has 1 unspecified atom stereocenters. The van der Waals surface area contributed by atoms with Crippen molar-refractivity contribution in [3.63, 3.8) is 0 Å². The SMILES string of the molecule is Cc1cnc(C(=O)N2CC(O)C[C@H]2C(=O)O)cn1. The van der Waals surface area contributed by atoms with Crippen molar-refractivity contribution >= 4 is 11.9 Å². The molecule has 7 nitrogen and oxygen atoms in total. The van der Waals surface area contributed by atoms with Crippen LogP contribution in [-0.2, 0) is 4.79 Å². The van der Waals surface area contributed by atoms with Crippen molar-refractivity contribution in [1.29, 1.82) is 0 Å². The Hall–Kier alpha value is -2.02. The molecule has 0 aromatic carbocycles. The smallest absolute Gasteiger partial charge is 0.326 e. The molecule has 0 aliphatic carbocycles. The van der Waals surface area contributed by atoms with Gasteiger partial charge in [0.15, 0.2) is 0 Å². The van der Waals surface area contributed by atoms with Crippen LogP contribution < -0.4 is 0 Å².